The van der Waals surface area contributed by atoms with Crippen LogP contribution in [0.15, 0.2) is 54.6 Å². The van der Waals surface area contributed by atoms with E-state index in [9.17, 15) is 9.18 Å². The maximum absolute atomic E-state index is 14.2. The van der Waals surface area contributed by atoms with Crippen LogP contribution in [-0.4, -0.2) is 27.4 Å². The number of urea groups is 1. The second kappa shape index (κ2) is 7.95. The second-order valence-corrected chi connectivity index (χ2v) is 8.64. The number of aromatic amines is 1. The minimum absolute atomic E-state index is 0.237. The lowest BCUT2D eigenvalue weighted by Crippen LogP contribution is -2.43. The molecule has 2 N–H and O–H groups in total. The Bertz CT molecular complexity index is 1330. The Morgan fingerprint density at radius 1 is 1.16 bits per heavy atom. The fourth-order valence-electron chi connectivity index (χ4n) is 4.60. The number of halogens is 2. The third-order valence-electron chi connectivity index (χ3n) is 5.83. The first kappa shape index (κ1) is 20.5. The molecule has 162 valence electrons. The lowest BCUT2D eigenvalue weighted by Gasteiger charge is -2.36. The van der Waals surface area contributed by atoms with E-state index in [0.29, 0.717) is 23.7 Å². The maximum Gasteiger partial charge on any atom is 0.322 e. The molecule has 0 spiro atoms. The summed E-state index contributed by atoms with van der Waals surface area (Å²) < 4.78 is 14.2. The van der Waals surface area contributed by atoms with Gasteiger partial charge in [0.1, 0.15) is 11.0 Å². The number of hydrogen-bond acceptors (Lipinski definition) is 2. The first-order chi connectivity index (χ1) is 15.4. The fourth-order valence-corrected chi connectivity index (χ4v) is 4.75. The molecule has 3 heterocycles. The van der Waals surface area contributed by atoms with Crippen molar-refractivity contribution in [1.82, 2.24) is 14.9 Å². The van der Waals surface area contributed by atoms with Crippen LogP contribution in [0.2, 0.25) is 5.15 Å². The summed E-state index contributed by atoms with van der Waals surface area (Å²) in [6.45, 7) is 4.45. The van der Waals surface area contributed by atoms with E-state index in [1.165, 1.54) is 12.1 Å². The highest BCUT2D eigenvalue weighted by molar-refractivity contribution is 6.29. The number of hydrogen-bond donors (Lipinski definition) is 2. The van der Waals surface area contributed by atoms with Crippen molar-refractivity contribution in [2.75, 3.05) is 11.9 Å². The van der Waals surface area contributed by atoms with Gasteiger partial charge < -0.3 is 15.2 Å². The molecule has 2 aromatic heterocycles. The summed E-state index contributed by atoms with van der Waals surface area (Å²) in [5.74, 6) is -0.346. The van der Waals surface area contributed by atoms with Crippen molar-refractivity contribution in [2.24, 2.45) is 0 Å². The van der Waals surface area contributed by atoms with E-state index in [0.717, 1.165) is 39.1 Å². The highest BCUT2D eigenvalue weighted by Gasteiger charge is 2.35. The first-order valence-corrected chi connectivity index (χ1v) is 10.9. The van der Waals surface area contributed by atoms with Gasteiger partial charge in [0.25, 0.3) is 0 Å². The zero-order valence-electron chi connectivity index (χ0n) is 17.7. The normalized spacial score (nSPS) is 15.6. The number of fused-ring (bicyclic) bond motifs is 3. The lowest BCUT2D eigenvalue weighted by atomic mass is 9.93. The Labute approximate surface area is 190 Å². The molecule has 0 aliphatic carbocycles. The molecule has 5 nitrogen and oxygen atoms in total. The van der Waals surface area contributed by atoms with Gasteiger partial charge in [0.05, 0.1) is 17.1 Å². The molecule has 7 heteroatoms. The summed E-state index contributed by atoms with van der Waals surface area (Å²) >= 11 is 6.14. The number of benzene rings is 2. The summed E-state index contributed by atoms with van der Waals surface area (Å²) in [5, 5.41) is 3.44. The molecule has 0 saturated heterocycles. The number of H-pyrrole nitrogens is 1. The number of pyridine rings is 1. The van der Waals surface area contributed by atoms with Crippen LogP contribution in [0, 0.1) is 19.7 Å². The molecule has 1 unspecified atom stereocenters. The zero-order valence-corrected chi connectivity index (χ0v) is 18.5. The van der Waals surface area contributed by atoms with E-state index >= 15 is 0 Å². The number of amides is 2. The van der Waals surface area contributed by atoms with E-state index in [4.69, 9.17) is 11.6 Å². The van der Waals surface area contributed by atoms with Gasteiger partial charge in [-0.25, -0.2) is 14.2 Å². The predicted molar refractivity (Wildman–Crippen MR) is 125 cm³/mol. The molecule has 5 rings (SSSR count). The van der Waals surface area contributed by atoms with Gasteiger partial charge in [-0.2, -0.15) is 0 Å². The summed E-state index contributed by atoms with van der Waals surface area (Å²) in [7, 11) is 0. The van der Waals surface area contributed by atoms with Gasteiger partial charge in [-0.15, -0.1) is 0 Å². The molecule has 2 amide bonds. The molecule has 1 atom stereocenters. The van der Waals surface area contributed by atoms with Crippen molar-refractivity contribution < 1.29 is 9.18 Å². The summed E-state index contributed by atoms with van der Waals surface area (Å²) in [6.07, 6.45) is 0.620. The fraction of sp³-hybridized carbons (Fsp3) is 0.200. The maximum atomic E-state index is 14.2. The summed E-state index contributed by atoms with van der Waals surface area (Å²) in [6, 6.07) is 15.2. The molecule has 1 aliphatic heterocycles. The molecular weight excluding hydrogens is 427 g/mol. The van der Waals surface area contributed by atoms with E-state index < -0.39 is 6.04 Å². The van der Waals surface area contributed by atoms with Crippen molar-refractivity contribution in [3.63, 3.8) is 0 Å². The quantitative estimate of drug-likeness (QED) is 0.361. The van der Waals surface area contributed by atoms with Gasteiger partial charge in [-0.3, -0.25) is 0 Å². The summed E-state index contributed by atoms with van der Waals surface area (Å²) in [5.41, 5.74) is 7.05. The first-order valence-electron chi connectivity index (χ1n) is 10.5. The van der Waals surface area contributed by atoms with Crippen LogP contribution in [0.3, 0.4) is 0 Å². The Hall–Kier alpha value is -3.38. The van der Waals surface area contributed by atoms with Gasteiger partial charge in [-0.1, -0.05) is 29.8 Å². The minimum Gasteiger partial charge on any atom is -0.355 e. The molecule has 32 heavy (non-hydrogen) atoms. The molecule has 0 bridgehead atoms. The Balaban J connectivity index is 1.59. The SMILES string of the molecule is Cc1cc(C)cc(NC(=O)N2CCc3c([nH]c4ccc(Cl)nc34)C2c2cccc(F)c2)c1. The Morgan fingerprint density at radius 2 is 1.94 bits per heavy atom. The lowest BCUT2D eigenvalue weighted by molar-refractivity contribution is 0.193. The van der Waals surface area contributed by atoms with Crippen LogP contribution in [0.25, 0.3) is 11.0 Å². The highest BCUT2D eigenvalue weighted by Crippen LogP contribution is 2.38. The largest absolute Gasteiger partial charge is 0.355 e. The average molecular weight is 449 g/mol. The molecular formula is C25H22ClFN4O. The summed E-state index contributed by atoms with van der Waals surface area (Å²) in [4.78, 5) is 23.1. The van der Waals surface area contributed by atoms with E-state index in [1.807, 2.05) is 38.1 Å². The average Bonchev–Trinajstić information content (AvgIpc) is 3.10. The van der Waals surface area contributed by atoms with Gasteiger partial charge in [0.15, 0.2) is 0 Å². The Kier molecular flexibility index (Phi) is 5.10. The van der Waals surface area contributed by atoms with E-state index in [-0.39, 0.29) is 11.8 Å². The molecule has 4 aromatic rings. The number of aromatic nitrogens is 2. The highest BCUT2D eigenvalue weighted by atomic mass is 35.5. The topological polar surface area (TPSA) is 61.0 Å². The van der Waals surface area contributed by atoms with Crippen LogP contribution in [0.5, 0.6) is 0 Å². The monoisotopic (exact) mass is 448 g/mol. The molecule has 1 aliphatic rings. The van der Waals surface area contributed by atoms with Gasteiger partial charge >= 0.3 is 6.03 Å². The van der Waals surface area contributed by atoms with Crippen LogP contribution in [0.4, 0.5) is 14.9 Å². The molecule has 0 radical (unpaired) electrons. The second-order valence-electron chi connectivity index (χ2n) is 8.25. The van der Waals surface area contributed by atoms with Crippen molar-refractivity contribution in [3.8, 4) is 0 Å². The number of anilines is 1. The van der Waals surface area contributed by atoms with Gasteiger partial charge in [-0.05, 0) is 73.4 Å². The number of carbonyl (C=O) groups excluding carboxylic acids is 1. The third kappa shape index (κ3) is 3.71. The smallest absolute Gasteiger partial charge is 0.322 e. The predicted octanol–water partition coefficient (Wildman–Crippen LogP) is 6.15. The number of rotatable bonds is 2. The van der Waals surface area contributed by atoms with E-state index in [1.54, 1.807) is 17.0 Å². The van der Waals surface area contributed by atoms with Crippen LogP contribution in [0.1, 0.15) is 34.0 Å². The number of aryl methyl sites for hydroxylation is 2. The van der Waals surface area contributed by atoms with Crippen molar-refractivity contribution in [2.45, 2.75) is 26.3 Å². The minimum atomic E-state index is -0.478. The molecule has 0 fully saturated rings. The van der Waals surface area contributed by atoms with Crippen molar-refractivity contribution in [1.29, 1.82) is 0 Å². The van der Waals surface area contributed by atoms with Crippen LogP contribution in [-0.2, 0) is 6.42 Å². The van der Waals surface area contributed by atoms with E-state index in [2.05, 4.69) is 21.4 Å². The van der Waals surface area contributed by atoms with Crippen molar-refractivity contribution >= 4 is 34.4 Å². The number of nitrogens with zero attached hydrogens (tertiary/aromatic N) is 2. The van der Waals surface area contributed by atoms with Gasteiger partial charge in [0, 0.05) is 23.5 Å². The Morgan fingerprint density at radius 3 is 2.69 bits per heavy atom. The van der Waals surface area contributed by atoms with Crippen LogP contribution < -0.4 is 5.32 Å². The van der Waals surface area contributed by atoms with Crippen LogP contribution >= 0.6 is 11.6 Å². The standard InChI is InChI=1S/C25H22ClFN4O/c1-14-10-15(2)12-18(11-14)28-25(32)31-9-8-19-22-20(6-7-21(26)30-22)29-23(19)24(31)16-4-3-5-17(27)13-16/h3-7,10-13,24,29H,8-9H2,1-2H3,(H,28,32). The van der Waals surface area contributed by atoms with Crippen molar-refractivity contribution in [3.05, 3.63) is 93.5 Å². The van der Waals surface area contributed by atoms with Gasteiger partial charge in [0.2, 0.25) is 0 Å². The molecule has 0 saturated carbocycles. The zero-order chi connectivity index (χ0) is 22.4. The number of carbonyl (C=O) groups is 1. The number of nitrogens with one attached hydrogen (secondary N) is 2. The third-order valence-corrected chi connectivity index (χ3v) is 6.04. The molecule has 2 aromatic carbocycles.